The molecule has 0 unspecified atom stereocenters. The van der Waals surface area contributed by atoms with Gasteiger partial charge in [0.25, 0.3) is 5.91 Å². The molecule has 1 amide bonds. The van der Waals surface area contributed by atoms with Crippen LogP contribution in [0.1, 0.15) is 31.8 Å². The molecule has 0 atom stereocenters. The fourth-order valence-corrected chi connectivity index (χ4v) is 2.56. The summed E-state index contributed by atoms with van der Waals surface area (Å²) in [4.78, 5) is 24.4. The van der Waals surface area contributed by atoms with Crippen LogP contribution >= 0.6 is 11.6 Å². The third-order valence-corrected chi connectivity index (χ3v) is 4.10. The molecule has 0 bridgehead atoms. The van der Waals surface area contributed by atoms with Crippen molar-refractivity contribution in [1.82, 2.24) is 5.43 Å². The Hall–Kier alpha value is -3.44. The van der Waals surface area contributed by atoms with Crippen LogP contribution in [0.3, 0.4) is 0 Å². The normalized spacial score (nSPS) is 10.6. The molecule has 0 aromatic heterocycles. The van der Waals surface area contributed by atoms with Crippen molar-refractivity contribution in [3.05, 3.63) is 100 Å². The Balaban J connectivity index is 1.74. The molecule has 0 fully saturated rings. The molecule has 0 aliphatic carbocycles. The molecule has 1 N–H and O–H groups in total. The zero-order valence-corrected chi connectivity index (χ0v) is 15.8. The third-order valence-electron chi connectivity index (χ3n) is 3.87. The maximum atomic E-state index is 12.4. The molecular weight excluding hydrogens is 376 g/mol. The summed E-state index contributed by atoms with van der Waals surface area (Å²) in [6, 6.07) is 20.5. The molecule has 3 rings (SSSR count). The van der Waals surface area contributed by atoms with E-state index in [9.17, 15) is 9.59 Å². The average Bonchev–Trinajstić information content (AvgIpc) is 2.71. The number of benzene rings is 3. The molecule has 0 spiro atoms. The second kappa shape index (κ2) is 8.97. The number of hydrogen-bond donors (Lipinski definition) is 1. The molecule has 0 aliphatic rings. The lowest BCUT2D eigenvalue weighted by molar-refractivity contribution is 0.0734. The molecule has 0 aliphatic heterocycles. The van der Waals surface area contributed by atoms with Crippen molar-refractivity contribution >= 4 is 29.7 Å². The van der Waals surface area contributed by atoms with Crippen LogP contribution in [0.25, 0.3) is 0 Å². The molecule has 3 aromatic rings. The lowest BCUT2D eigenvalue weighted by atomic mass is 10.1. The number of hydrazone groups is 1. The largest absolute Gasteiger partial charge is 0.422 e. The summed E-state index contributed by atoms with van der Waals surface area (Å²) < 4.78 is 5.47. The number of carbonyl (C=O) groups excluding carboxylic acids is 2. The summed E-state index contributed by atoms with van der Waals surface area (Å²) in [7, 11) is 0. The summed E-state index contributed by atoms with van der Waals surface area (Å²) in [5.41, 5.74) is 4.85. The van der Waals surface area contributed by atoms with Gasteiger partial charge in [-0.05, 0) is 49.4 Å². The van der Waals surface area contributed by atoms with Crippen molar-refractivity contribution in [1.29, 1.82) is 0 Å². The van der Waals surface area contributed by atoms with Crippen molar-refractivity contribution in [2.75, 3.05) is 0 Å². The molecule has 0 heterocycles. The number of carbonyl (C=O) groups is 2. The first-order chi connectivity index (χ1) is 13.5. The van der Waals surface area contributed by atoms with Crippen LogP contribution < -0.4 is 10.2 Å². The molecular formula is C22H17ClN2O3. The Morgan fingerprint density at radius 3 is 2.39 bits per heavy atom. The van der Waals surface area contributed by atoms with Gasteiger partial charge in [-0.25, -0.2) is 10.2 Å². The molecule has 28 heavy (non-hydrogen) atoms. The van der Waals surface area contributed by atoms with E-state index >= 15 is 0 Å². The number of hydrogen-bond acceptors (Lipinski definition) is 4. The van der Waals surface area contributed by atoms with Crippen LogP contribution in [-0.4, -0.2) is 18.1 Å². The molecule has 0 saturated heterocycles. The molecule has 140 valence electrons. The van der Waals surface area contributed by atoms with Gasteiger partial charge in [-0.3, -0.25) is 4.79 Å². The van der Waals surface area contributed by atoms with Crippen LogP contribution in [0.15, 0.2) is 77.9 Å². The number of esters is 1. The Bertz CT molecular complexity index is 1020. The van der Waals surface area contributed by atoms with E-state index in [1.807, 2.05) is 25.1 Å². The number of ether oxygens (including phenoxy) is 1. The molecule has 5 nitrogen and oxygen atoms in total. The van der Waals surface area contributed by atoms with Crippen molar-refractivity contribution in [3.8, 4) is 5.75 Å². The first-order valence-electron chi connectivity index (χ1n) is 8.50. The highest BCUT2D eigenvalue weighted by molar-refractivity contribution is 6.31. The van der Waals surface area contributed by atoms with Gasteiger partial charge in [0.15, 0.2) is 0 Å². The highest BCUT2D eigenvalue weighted by atomic mass is 35.5. The van der Waals surface area contributed by atoms with Gasteiger partial charge < -0.3 is 4.74 Å². The quantitative estimate of drug-likeness (QED) is 0.298. The van der Waals surface area contributed by atoms with E-state index in [1.165, 1.54) is 6.21 Å². The van der Waals surface area contributed by atoms with Crippen molar-refractivity contribution < 1.29 is 14.3 Å². The number of amides is 1. The predicted octanol–water partition coefficient (Wildman–Crippen LogP) is 4.63. The Labute approximate surface area is 167 Å². The minimum Gasteiger partial charge on any atom is -0.422 e. The standard InChI is InChI=1S/C22H17ClN2O3/c1-15-7-9-17(10-8-15)22(27)28-20-12-11-19(23)13-18(20)14-24-25-21(26)16-5-3-2-4-6-16/h2-14H,1H3,(H,25,26)/b24-14+. The van der Waals surface area contributed by atoms with Crippen molar-refractivity contribution in [2.45, 2.75) is 6.92 Å². The monoisotopic (exact) mass is 392 g/mol. The third kappa shape index (κ3) is 5.05. The SMILES string of the molecule is Cc1ccc(C(=O)Oc2ccc(Cl)cc2/C=N/NC(=O)c2ccccc2)cc1. The minimum atomic E-state index is -0.495. The fourth-order valence-electron chi connectivity index (χ4n) is 2.38. The maximum Gasteiger partial charge on any atom is 0.343 e. The number of nitrogens with zero attached hydrogens (tertiary/aromatic N) is 1. The second-order valence-electron chi connectivity index (χ2n) is 6.00. The summed E-state index contributed by atoms with van der Waals surface area (Å²) in [5.74, 6) is -0.560. The summed E-state index contributed by atoms with van der Waals surface area (Å²) in [6.45, 7) is 1.94. The van der Waals surface area contributed by atoms with Crippen LogP contribution in [0.2, 0.25) is 5.02 Å². The van der Waals surface area contributed by atoms with Gasteiger partial charge in [0, 0.05) is 16.1 Å². The molecule has 0 saturated carbocycles. The highest BCUT2D eigenvalue weighted by Crippen LogP contribution is 2.22. The lowest BCUT2D eigenvalue weighted by Gasteiger charge is -2.08. The van der Waals surface area contributed by atoms with Gasteiger partial charge in [0.2, 0.25) is 0 Å². The first kappa shape index (κ1) is 19.3. The van der Waals surface area contributed by atoms with Gasteiger partial charge >= 0.3 is 5.97 Å². The Kier molecular flexibility index (Phi) is 6.19. The number of nitrogens with one attached hydrogen (secondary N) is 1. The number of aryl methyl sites for hydroxylation is 1. The van der Waals surface area contributed by atoms with Crippen LogP contribution in [0, 0.1) is 6.92 Å². The smallest absolute Gasteiger partial charge is 0.343 e. The van der Waals surface area contributed by atoms with Crippen LogP contribution in [-0.2, 0) is 0 Å². The van der Waals surface area contributed by atoms with E-state index in [0.29, 0.717) is 21.7 Å². The second-order valence-corrected chi connectivity index (χ2v) is 6.44. The Morgan fingerprint density at radius 2 is 1.68 bits per heavy atom. The van der Waals surface area contributed by atoms with Crippen molar-refractivity contribution in [3.63, 3.8) is 0 Å². The first-order valence-corrected chi connectivity index (χ1v) is 8.87. The minimum absolute atomic E-state index is 0.285. The zero-order valence-electron chi connectivity index (χ0n) is 15.1. The fraction of sp³-hybridized carbons (Fsp3) is 0.0455. The molecule has 3 aromatic carbocycles. The number of halogens is 1. The van der Waals surface area contributed by atoms with E-state index in [4.69, 9.17) is 16.3 Å². The molecule has 0 radical (unpaired) electrons. The van der Waals surface area contributed by atoms with Crippen LogP contribution in [0.4, 0.5) is 0 Å². The van der Waals surface area contributed by atoms with Gasteiger partial charge in [-0.1, -0.05) is 47.5 Å². The lowest BCUT2D eigenvalue weighted by Crippen LogP contribution is -2.17. The van der Waals surface area contributed by atoms with E-state index < -0.39 is 5.97 Å². The van der Waals surface area contributed by atoms with Gasteiger partial charge in [-0.2, -0.15) is 5.10 Å². The molecule has 6 heteroatoms. The van der Waals surface area contributed by atoms with Gasteiger partial charge in [0.05, 0.1) is 11.8 Å². The van der Waals surface area contributed by atoms with Gasteiger partial charge in [0.1, 0.15) is 5.75 Å². The van der Waals surface area contributed by atoms with E-state index in [2.05, 4.69) is 10.5 Å². The average molecular weight is 393 g/mol. The predicted molar refractivity (Wildman–Crippen MR) is 109 cm³/mol. The maximum absolute atomic E-state index is 12.4. The van der Waals surface area contributed by atoms with E-state index in [1.54, 1.807) is 54.6 Å². The summed E-state index contributed by atoms with van der Waals surface area (Å²) in [5, 5.41) is 4.39. The van der Waals surface area contributed by atoms with E-state index in [-0.39, 0.29) is 11.7 Å². The summed E-state index contributed by atoms with van der Waals surface area (Å²) >= 11 is 6.04. The van der Waals surface area contributed by atoms with Gasteiger partial charge in [-0.15, -0.1) is 0 Å². The van der Waals surface area contributed by atoms with Crippen molar-refractivity contribution in [2.24, 2.45) is 5.10 Å². The zero-order chi connectivity index (χ0) is 19.9. The highest BCUT2D eigenvalue weighted by Gasteiger charge is 2.12. The summed E-state index contributed by atoms with van der Waals surface area (Å²) in [6.07, 6.45) is 1.38. The van der Waals surface area contributed by atoms with Crippen LogP contribution in [0.5, 0.6) is 5.75 Å². The van der Waals surface area contributed by atoms with E-state index in [0.717, 1.165) is 5.56 Å². The Morgan fingerprint density at radius 1 is 0.964 bits per heavy atom. The topological polar surface area (TPSA) is 67.8 Å². The number of rotatable bonds is 5.